The number of benzene rings is 2. The molecule has 0 spiro atoms. The average Bonchev–Trinajstić information content (AvgIpc) is 3.29. The molecule has 5 heteroatoms. The predicted molar refractivity (Wildman–Crippen MR) is 114 cm³/mol. The first kappa shape index (κ1) is 18.2. The van der Waals surface area contributed by atoms with E-state index in [1.165, 1.54) is 12.5 Å². The highest BCUT2D eigenvalue weighted by Crippen LogP contribution is 2.26. The van der Waals surface area contributed by atoms with Crippen molar-refractivity contribution < 1.29 is 9.59 Å². The molecule has 1 N–H and O–H groups in total. The van der Waals surface area contributed by atoms with Gasteiger partial charge in [0.15, 0.2) is 5.78 Å². The van der Waals surface area contributed by atoms with Crippen LogP contribution in [-0.4, -0.2) is 16.3 Å². The van der Waals surface area contributed by atoms with Gasteiger partial charge in [0.05, 0.1) is 10.2 Å². The smallest absolute Gasteiger partial charge is 0.272 e. The molecule has 2 heterocycles. The molecule has 0 saturated heterocycles. The molecule has 140 valence electrons. The first-order chi connectivity index (χ1) is 13.6. The highest BCUT2D eigenvalue weighted by Gasteiger charge is 2.17. The highest BCUT2D eigenvalue weighted by atomic mass is 32.1. The largest absolute Gasteiger partial charge is 0.335 e. The number of anilines is 1. The zero-order valence-electron chi connectivity index (χ0n) is 15.5. The van der Waals surface area contributed by atoms with Crippen LogP contribution in [-0.2, 0) is 13.0 Å². The molecule has 0 unspecified atom stereocenters. The van der Waals surface area contributed by atoms with Crippen LogP contribution in [0.5, 0.6) is 0 Å². The molecule has 4 nitrogen and oxygen atoms in total. The van der Waals surface area contributed by atoms with Crippen molar-refractivity contribution in [1.82, 2.24) is 4.57 Å². The first-order valence-electron chi connectivity index (χ1n) is 9.15. The third-order valence-electron chi connectivity index (χ3n) is 4.75. The highest BCUT2D eigenvalue weighted by molar-refractivity contribution is 7.17. The molecule has 0 fully saturated rings. The van der Waals surface area contributed by atoms with Crippen LogP contribution in [0.2, 0.25) is 0 Å². The van der Waals surface area contributed by atoms with Crippen molar-refractivity contribution in [2.75, 3.05) is 5.32 Å². The van der Waals surface area contributed by atoms with Crippen molar-refractivity contribution in [2.24, 2.45) is 0 Å². The van der Waals surface area contributed by atoms with Crippen molar-refractivity contribution in [1.29, 1.82) is 0 Å². The molecule has 0 radical (unpaired) electrons. The van der Waals surface area contributed by atoms with Gasteiger partial charge in [-0.05, 0) is 48.6 Å². The van der Waals surface area contributed by atoms with Gasteiger partial charge in [-0.2, -0.15) is 0 Å². The second-order valence-electron chi connectivity index (χ2n) is 6.68. The maximum atomic E-state index is 13.0. The van der Waals surface area contributed by atoms with E-state index in [2.05, 4.69) is 28.1 Å². The summed E-state index contributed by atoms with van der Waals surface area (Å²) >= 11 is 1.63. The molecule has 4 rings (SSSR count). The lowest BCUT2D eigenvalue weighted by atomic mass is 10.1. The number of fused-ring (bicyclic) bond motifs is 1. The minimum absolute atomic E-state index is 0.0251. The zero-order valence-corrected chi connectivity index (χ0v) is 16.3. The number of carbonyl (C=O) groups is 2. The number of hydrogen-bond donors (Lipinski definition) is 1. The molecule has 0 bridgehead atoms. The van der Waals surface area contributed by atoms with E-state index in [0.717, 1.165) is 23.2 Å². The van der Waals surface area contributed by atoms with E-state index >= 15 is 0 Å². The van der Waals surface area contributed by atoms with E-state index in [9.17, 15) is 9.59 Å². The number of thiophene rings is 1. The van der Waals surface area contributed by atoms with Crippen LogP contribution in [0.25, 0.3) is 10.2 Å². The number of carbonyl (C=O) groups excluding carboxylic acids is 2. The predicted octanol–water partition coefficient (Wildman–Crippen LogP) is 5.40. The maximum absolute atomic E-state index is 13.0. The fourth-order valence-electron chi connectivity index (χ4n) is 3.30. The fraction of sp³-hybridized carbons (Fsp3) is 0.130. The van der Waals surface area contributed by atoms with Crippen LogP contribution in [0.3, 0.4) is 0 Å². The second kappa shape index (κ2) is 7.82. The second-order valence-corrected chi connectivity index (χ2v) is 7.63. The van der Waals surface area contributed by atoms with Crippen molar-refractivity contribution in [2.45, 2.75) is 19.9 Å². The minimum atomic E-state index is -0.169. The number of hydrogen-bond acceptors (Lipinski definition) is 3. The standard InChI is InChI=1S/C23H20N2O2S/c1-16(26)18-8-5-9-19(14-18)24-23(27)21-15-22-20(11-13-28-22)25(21)12-10-17-6-3-2-4-7-17/h2-9,11,13-15H,10,12H2,1H3,(H,24,27). The number of rotatable bonds is 6. The number of ketones is 1. The van der Waals surface area contributed by atoms with E-state index in [1.807, 2.05) is 29.6 Å². The molecule has 28 heavy (non-hydrogen) atoms. The molecule has 0 atom stereocenters. The number of aromatic nitrogens is 1. The van der Waals surface area contributed by atoms with Crippen molar-refractivity contribution in [3.63, 3.8) is 0 Å². The quantitative estimate of drug-likeness (QED) is 0.450. The molecule has 2 aromatic heterocycles. The van der Waals surface area contributed by atoms with Crippen molar-refractivity contribution in [3.8, 4) is 0 Å². The van der Waals surface area contributed by atoms with Crippen LogP contribution < -0.4 is 5.32 Å². The van der Waals surface area contributed by atoms with Gasteiger partial charge in [0.2, 0.25) is 0 Å². The SMILES string of the molecule is CC(=O)c1cccc(NC(=O)c2cc3sccc3n2CCc2ccccc2)c1. The van der Waals surface area contributed by atoms with Gasteiger partial charge < -0.3 is 9.88 Å². The Morgan fingerprint density at radius 3 is 2.61 bits per heavy atom. The van der Waals surface area contributed by atoms with Crippen LogP contribution in [0.1, 0.15) is 33.3 Å². The molecule has 4 aromatic rings. The normalized spacial score (nSPS) is 10.9. The minimum Gasteiger partial charge on any atom is -0.335 e. The number of nitrogens with zero attached hydrogens (tertiary/aromatic N) is 1. The number of aryl methyl sites for hydroxylation is 2. The maximum Gasteiger partial charge on any atom is 0.272 e. The van der Waals surface area contributed by atoms with E-state index in [1.54, 1.807) is 35.6 Å². The third-order valence-corrected chi connectivity index (χ3v) is 5.60. The Morgan fingerprint density at radius 2 is 1.82 bits per heavy atom. The average molecular weight is 388 g/mol. The number of Topliss-reactive ketones (excluding diaryl/α,β-unsaturated/α-hetero) is 1. The van der Waals surface area contributed by atoms with E-state index < -0.39 is 0 Å². The van der Waals surface area contributed by atoms with Crippen LogP contribution in [0.15, 0.2) is 72.1 Å². The molecular weight excluding hydrogens is 368 g/mol. The van der Waals surface area contributed by atoms with Crippen LogP contribution in [0.4, 0.5) is 5.69 Å². The van der Waals surface area contributed by atoms with E-state index in [0.29, 0.717) is 16.9 Å². The zero-order chi connectivity index (χ0) is 19.5. The summed E-state index contributed by atoms with van der Waals surface area (Å²) in [4.78, 5) is 24.6. The summed E-state index contributed by atoms with van der Waals surface area (Å²) in [7, 11) is 0. The summed E-state index contributed by atoms with van der Waals surface area (Å²) in [5.41, 5.74) is 4.14. The van der Waals surface area contributed by atoms with E-state index in [-0.39, 0.29) is 11.7 Å². The Kier molecular flexibility index (Phi) is 5.08. The van der Waals surface area contributed by atoms with Gasteiger partial charge >= 0.3 is 0 Å². The van der Waals surface area contributed by atoms with Gasteiger partial charge in [0.25, 0.3) is 5.91 Å². The molecule has 0 aliphatic rings. The summed E-state index contributed by atoms with van der Waals surface area (Å²) in [6.07, 6.45) is 0.848. The Hall–Kier alpha value is -3.18. The third kappa shape index (κ3) is 3.75. The Balaban J connectivity index is 1.60. The molecule has 1 amide bonds. The summed E-state index contributed by atoms with van der Waals surface area (Å²) in [6.45, 7) is 2.24. The Labute approximate surface area is 167 Å². The Bertz CT molecular complexity index is 1140. The lowest BCUT2D eigenvalue weighted by Gasteiger charge is -2.11. The summed E-state index contributed by atoms with van der Waals surface area (Å²) in [6, 6.07) is 21.3. The van der Waals surface area contributed by atoms with Gasteiger partial charge in [0, 0.05) is 17.8 Å². The lowest BCUT2D eigenvalue weighted by molar-refractivity contribution is 0.100. The molecule has 0 aliphatic carbocycles. The number of amides is 1. The monoisotopic (exact) mass is 388 g/mol. The molecule has 0 saturated carbocycles. The molecule has 0 aliphatic heterocycles. The lowest BCUT2D eigenvalue weighted by Crippen LogP contribution is -2.18. The van der Waals surface area contributed by atoms with Crippen LogP contribution >= 0.6 is 11.3 Å². The van der Waals surface area contributed by atoms with Gasteiger partial charge in [-0.1, -0.05) is 42.5 Å². The Morgan fingerprint density at radius 1 is 1.00 bits per heavy atom. The first-order valence-corrected chi connectivity index (χ1v) is 10.0. The van der Waals surface area contributed by atoms with Gasteiger partial charge in [-0.25, -0.2) is 0 Å². The number of nitrogens with one attached hydrogen (secondary N) is 1. The van der Waals surface area contributed by atoms with Gasteiger partial charge in [0.1, 0.15) is 5.69 Å². The fourth-order valence-corrected chi connectivity index (χ4v) is 4.12. The topological polar surface area (TPSA) is 51.1 Å². The van der Waals surface area contributed by atoms with Crippen molar-refractivity contribution >= 4 is 38.9 Å². The van der Waals surface area contributed by atoms with E-state index in [4.69, 9.17) is 0 Å². The van der Waals surface area contributed by atoms with Gasteiger partial charge in [-0.3, -0.25) is 9.59 Å². The molecule has 2 aromatic carbocycles. The summed E-state index contributed by atoms with van der Waals surface area (Å²) in [5, 5.41) is 4.98. The van der Waals surface area contributed by atoms with Gasteiger partial charge in [-0.15, -0.1) is 11.3 Å². The summed E-state index contributed by atoms with van der Waals surface area (Å²) in [5.74, 6) is -0.194. The van der Waals surface area contributed by atoms with Crippen molar-refractivity contribution in [3.05, 3.63) is 88.9 Å². The summed E-state index contributed by atoms with van der Waals surface area (Å²) < 4.78 is 3.17. The molecular formula is C23H20N2O2S. The van der Waals surface area contributed by atoms with Crippen LogP contribution in [0, 0.1) is 0 Å².